The second-order valence-electron chi connectivity index (χ2n) is 7.60. The maximum atomic E-state index is 11.6. The average molecular weight is 516 g/mol. The molecule has 0 spiro atoms. The largest absolute Gasteiger partial charge is 0.491 e. The van der Waals surface area contributed by atoms with E-state index in [0.29, 0.717) is 12.3 Å². The summed E-state index contributed by atoms with van der Waals surface area (Å²) in [6.07, 6.45) is 3.81. The SMILES string of the molecule is CCNC(=NCCc1ccc(OC(C)C)cc1)N1CCC(CC(=O)NC)CC1.I. The summed E-state index contributed by atoms with van der Waals surface area (Å²) in [4.78, 5) is 18.7. The van der Waals surface area contributed by atoms with Crippen LogP contribution in [0.2, 0.25) is 0 Å². The molecule has 0 radical (unpaired) electrons. The van der Waals surface area contributed by atoms with E-state index in [2.05, 4.69) is 34.6 Å². The van der Waals surface area contributed by atoms with E-state index in [1.165, 1.54) is 5.56 Å². The number of ether oxygens (including phenoxy) is 1. The van der Waals surface area contributed by atoms with E-state index in [1.807, 2.05) is 26.0 Å². The zero-order valence-electron chi connectivity index (χ0n) is 18.2. The molecule has 0 bridgehead atoms. The second-order valence-corrected chi connectivity index (χ2v) is 7.60. The molecule has 1 aromatic carbocycles. The van der Waals surface area contributed by atoms with Crippen molar-refractivity contribution in [2.24, 2.45) is 10.9 Å². The van der Waals surface area contributed by atoms with Crippen LogP contribution in [0.3, 0.4) is 0 Å². The van der Waals surface area contributed by atoms with Crippen molar-refractivity contribution in [3.8, 4) is 5.75 Å². The van der Waals surface area contributed by atoms with Crippen LogP contribution in [0, 0.1) is 5.92 Å². The summed E-state index contributed by atoms with van der Waals surface area (Å²) in [7, 11) is 1.71. The number of halogens is 1. The van der Waals surface area contributed by atoms with Crippen molar-refractivity contribution in [2.75, 3.05) is 33.2 Å². The lowest BCUT2D eigenvalue weighted by Crippen LogP contribution is -2.46. The van der Waals surface area contributed by atoms with Gasteiger partial charge < -0.3 is 20.3 Å². The van der Waals surface area contributed by atoms with Crippen LogP contribution < -0.4 is 15.4 Å². The number of nitrogens with zero attached hydrogens (tertiary/aromatic N) is 2. The van der Waals surface area contributed by atoms with Crippen LogP contribution >= 0.6 is 24.0 Å². The molecule has 0 saturated carbocycles. The Bertz CT molecular complexity index is 626. The van der Waals surface area contributed by atoms with Gasteiger partial charge in [-0.05, 0) is 63.6 Å². The van der Waals surface area contributed by atoms with Crippen LogP contribution in [-0.2, 0) is 11.2 Å². The van der Waals surface area contributed by atoms with Crippen LogP contribution in [0.5, 0.6) is 5.75 Å². The van der Waals surface area contributed by atoms with Crippen LogP contribution in [0.15, 0.2) is 29.3 Å². The first-order chi connectivity index (χ1) is 13.5. The van der Waals surface area contributed by atoms with E-state index in [-0.39, 0.29) is 36.0 Å². The number of nitrogens with one attached hydrogen (secondary N) is 2. The van der Waals surface area contributed by atoms with Gasteiger partial charge >= 0.3 is 0 Å². The van der Waals surface area contributed by atoms with Crippen LogP contribution in [0.4, 0.5) is 0 Å². The molecule has 1 aliphatic rings. The number of amides is 1. The van der Waals surface area contributed by atoms with E-state index in [1.54, 1.807) is 7.05 Å². The van der Waals surface area contributed by atoms with Crippen molar-refractivity contribution < 1.29 is 9.53 Å². The third-order valence-corrected chi connectivity index (χ3v) is 4.96. The monoisotopic (exact) mass is 516 g/mol. The smallest absolute Gasteiger partial charge is 0.220 e. The quantitative estimate of drug-likeness (QED) is 0.316. The van der Waals surface area contributed by atoms with Crippen molar-refractivity contribution in [3.63, 3.8) is 0 Å². The first-order valence-corrected chi connectivity index (χ1v) is 10.5. The Hall–Kier alpha value is -1.51. The molecule has 1 fully saturated rings. The number of benzene rings is 1. The third-order valence-electron chi connectivity index (χ3n) is 4.96. The molecule has 0 unspecified atom stereocenters. The summed E-state index contributed by atoms with van der Waals surface area (Å²) in [6, 6.07) is 8.29. The zero-order valence-corrected chi connectivity index (χ0v) is 20.6. The number of piperidine rings is 1. The second kappa shape index (κ2) is 13.7. The highest BCUT2D eigenvalue weighted by molar-refractivity contribution is 14.0. The van der Waals surface area contributed by atoms with Gasteiger partial charge in [0.1, 0.15) is 5.75 Å². The standard InChI is InChI=1S/C22H36N4O2.HI/c1-5-24-22(26-14-11-19(12-15-26)16-21(27)23-4)25-13-10-18-6-8-20(9-7-18)28-17(2)3;/h6-9,17,19H,5,10-16H2,1-4H3,(H,23,27)(H,24,25);1H. The fourth-order valence-corrected chi connectivity index (χ4v) is 3.44. The number of guanidine groups is 1. The normalized spacial score (nSPS) is 15.1. The fourth-order valence-electron chi connectivity index (χ4n) is 3.44. The van der Waals surface area contributed by atoms with Gasteiger partial charge in [0.15, 0.2) is 5.96 Å². The predicted molar refractivity (Wildman–Crippen MR) is 130 cm³/mol. The van der Waals surface area contributed by atoms with Gasteiger partial charge in [-0.25, -0.2) is 0 Å². The minimum atomic E-state index is 0. The lowest BCUT2D eigenvalue weighted by atomic mass is 9.93. The molecule has 29 heavy (non-hydrogen) atoms. The maximum absolute atomic E-state index is 11.6. The van der Waals surface area contributed by atoms with E-state index in [9.17, 15) is 4.79 Å². The number of carbonyl (C=O) groups is 1. The molecule has 1 amide bonds. The first kappa shape index (κ1) is 25.5. The summed E-state index contributed by atoms with van der Waals surface area (Å²) in [5, 5.41) is 6.14. The number of hydrogen-bond donors (Lipinski definition) is 2. The van der Waals surface area contributed by atoms with E-state index in [0.717, 1.165) is 57.2 Å². The Morgan fingerprint density at radius 3 is 2.45 bits per heavy atom. The molecule has 1 saturated heterocycles. The number of likely N-dealkylation sites (tertiary alicyclic amines) is 1. The van der Waals surface area contributed by atoms with Gasteiger partial charge in [-0.15, -0.1) is 24.0 Å². The number of rotatable bonds is 8. The highest BCUT2D eigenvalue weighted by Gasteiger charge is 2.22. The topological polar surface area (TPSA) is 66.0 Å². The molecular weight excluding hydrogens is 479 g/mol. The summed E-state index contributed by atoms with van der Waals surface area (Å²) in [6.45, 7) is 9.69. The first-order valence-electron chi connectivity index (χ1n) is 10.5. The van der Waals surface area contributed by atoms with Gasteiger partial charge in [0.05, 0.1) is 6.10 Å². The summed E-state index contributed by atoms with van der Waals surface area (Å²) in [5.74, 6) is 2.52. The Morgan fingerprint density at radius 1 is 1.24 bits per heavy atom. The minimum absolute atomic E-state index is 0. The van der Waals surface area contributed by atoms with E-state index < -0.39 is 0 Å². The molecule has 0 atom stereocenters. The Balaban J connectivity index is 0.00000420. The molecule has 1 aromatic rings. The van der Waals surface area contributed by atoms with Gasteiger partial charge in [0.2, 0.25) is 5.91 Å². The van der Waals surface area contributed by atoms with Crippen molar-refractivity contribution in [2.45, 2.75) is 52.6 Å². The lowest BCUT2D eigenvalue weighted by molar-refractivity contribution is -0.121. The highest BCUT2D eigenvalue weighted by Crippen LogP contribution is 2.20. The van der Waals surface area contributed by atoms with Crippen molar-refractivity contribution >= 4 is 35.8 Å². The van der Waals surface area contributed by atoms with Crippen molar-refractivity contribution in [1.82, 2.24) is 15.5 Å². The van der Waals surface area contributed by atoms with Gasteiger partial charge in [-0.1, -0.05) is 12.1 Å². The minimum Gasteiger partial charge on any atom is -0.491 e. The average Bonchev–Trinajstić information content (AvgIpc) is 2.69. The highest BCUT2D eigenvalue weighted by atomic mass is 127. The molecule has 164 valence electrons. The molecule has 1 heterocycles. The van der Waals surface area contributed by atoms with Gasteiger partial charge in [-0.2, -0.15) is 0 Å². The van der Waals surface area contributed by atoms with Crippen LogP contribution in [0.25, 0.3) is 0 Å². The number of hydrogen-bond acceptors (Lipinski definition) is 3. The van der Waals surface area contributed by atoms with E-state index >= 15 is 0 Å². The lowest BCUT2D eigenvalue weighted by Gasteiger charge is -2.34. The predicted octanol–water partition coefficient (Wildman–Crippen LogP) is 3.45. The van der Waals surface area contributed by atoms with Crippen molar-refractivity contribution in [1.29, 1.82) is 0 Å². The molecule has 0 aliphatic carbocycles. The summed E-state index contributed by atoms with van der Waals surface area (Å²) in [5.41, 5.74) is 1.26. The molecule has 2 N–H and O–H groups in total. The van der Waals surface area contributed by atoms with E-state index in [4.69, 9.17) is 9.73 Å². The van der Waals surface area contributed by atoms with Crippen LogP contribution in [0.1, 0.15) is 45.6 Å². The Morgan fingerprint density at radius 2 is 1.90 bits per heavy atom. The number of carbonyl (C=O) groups excluding carboxylic acids is 1. The van der Waals surface area contributed by atoms with Gasteiger partial charge in [-0.3, -0.25) is 9.79 Å². The Kier molecular flexibility index (Phi) is 12.0. The summed E-state index contributed by atoms with van der Waals surface area (Å²) < 4.78 is 5.69. The number of aliphatic imine (C=N–C) groups is 1. The molecule has 6 nitrogen and oxygen atoms in total. The Labute approximate surface area is 192 Å². The zero-order chi connectivity index (χ0) is 20.4. The van der Waals surface area contributed by atoms with Gasteiger partial charge in [0, 0.05) is 39.6 Å². The molecule has 1 aliphatic heterocycles. The summed E-state index contributed by atoms with van der Waals surface area (Å²) >= 11 is 0. The fraction of sp³-hybridized carbons (Fsp3) is 0.636. The molecule has 0 aromatic heterocycles. The molecule has 7 heteroatoms. The molecule has 2 rings (SSSR count). The van der Waals surface area contributed by atoms with Gasteiger partial charge in [0.25, 0.3) is 0 Å². The third kappa shape index (κ3) is 9.23. The molecular formula is C22H37IN4O2. The maximum Gasteiger partial charge on any atom is 0.220 e. The van der Waals surface area contributed by atoms with Crippen molar-refractivity contribution in [3.05, 3.63) is 29.8 Å². The van der Waals surface area contributed by atoms with Crippen LogP contribution in [-0.4, -0.2) is 56.1 Å².